The Bertz CT molecular complexity index is 366. The summed E-state index contributed by atoms with van der Waals surface area (Å²) in [5, 5.41) is 8.69. The number of rotatable bonds is 6. The van der Waals surface area contributed by atoms with E-state index in [4.69, 9.17) is 9.52 Å². The van der Waals surface area contributed by atoms with Gasteiger partial charge in [0.05, 0.1) is 18.7 Å². The zero-order valence-corrected chi connectivity index (χ0v) is 10.9. The monoisotopic (exact) mass is 240 g/mol. The van der Waals surface area contributed by atoms with Gasteiger partial charge in [0.2, 0.25) is 5.89 Å². The maximum atomic E-state index is 10.6. The van der Waals surface area contributed by atoms with Gasteiger partial charge in [-0.2, -0.15) is 0 Å². The molecule has 5 nitrogen and oxygen atoms in total. The van der Waals surface area contributed by atoms with Crippen molar-refractivity contribution in [3.05, 3.63) is 17.3 Å². The summed E-state index contributed by atoms with van der Waals surface area (Å²) in [6, 6.07) is 0.266. The Kier molecular flexibility index (Phi) is 4.69. The summed E-state index contributed by atoms with van der Waals surface area (Å²) in [5.41, 5.74) is 0.891. The third-order valence-electron chi connectivity index (χ3n) is 2.75. The molecule has 1 heterocycles. The highest BCUT2D eigenvalue weighted by Gasteiger charge is 2.15. The Morgan fingerprint density at radius 1 is 1.47 bits per heavy atom. The van der Waals surface area contributed by atoms with Gasteiger partial charge >= 0.3 is 5.97 Å². The summed E-state index contributed by atoms with van der Waals surface area (Å²) in [7, 11) is 0. The van der Waals surface area contributed by atoms with Gasteiger partial charge in [0.15, 0.2) is 0 Å². The van der Waals surface area contributed by atoms with Gasteiger partial charge in [0, 0.05) is 12.6 Å². The van der Waals surface area contributed by atoms with Gasteiger partial charge in [-0.05, 0) is 27.7 Å². The molecule has 0 saturated carbocycles. The van der Waals surface area contributed by atoms with Gasteiger partial charge in [0.25, 0.3) is 0 Å². The SMILES string of the molecule is Cc1nc(CN(CCC(=O)O)C(C)C)oc1C. The van der Waals surface area contributed by atoms with E-state index < -0.39 is 5.97 Å². The molecule has 0 radical (unpaired) electrons. The van der Waals surface area contributed by atoms with Crippen LogP contribution in [0.25, 0.3) is 0 Å². The van der Waals surface area contributed by atoms with Gasteiger partial charge in [-0.1, -0.05) is 0 Å². The van der Waals surface area contributed by atoms with Gasteiger partial charge in [-0.3, -0.25) is 9.69 Å². The van der Waals surface area contributed by atoms with E-state index in [9.17, 15) is 4.79 Å². The average molecular weight is 240 g/mol. The summed E-state index contributed by atoms with van der Waals surface area (Å²) < 4.78 is 5.50. The minimum absolute atomic E-state index is 0.136. The fraction of sp³-hybridized carbons (Fsp3) is 0.667. The second kappa shape index (κ2) is 5.82. The normalized spacial score (nSPS) is 11.4. The van der Waals surface area contributed by atoms with Crippen molar-refractivity contribution in [3.63, 3.8) is 0 Å². The Balaban J connectivity index is 2.63. The zero-order valence-electron chi connectivity index (χ0n) is 10.9. The first-order valence-electron chi connectivity index (χ1n) is 5.79. The van der Waals surface area contributed by atoms with Gasteiger partial charge in [-0.25, -0.2) is 4.98 Å². The number of nitrogens with zero attached hydrogens (tertiary/aromatic N) is 2. The molecule has 96 valence electrons. The topological polar surface area (TPSA) is 66.6 Å². The van der Waals surface area contributed by atoms with Crippen LogP contribution in [0.2, 0.25) is 0 Å². The van der Waals surface area contributed by atoms with Crippen molar-refractivity contribution in [2.24, 2.45) is 0 Å². The van der Waals surface area contributed by atoms with Crippen LogP contribution >= 0.6 is 0 Å². The van der Waals surface area contributed by atoms with E-state index in [0.717, 1.165) is 11.5 Å². The molecule has 1 N–H and O–H groups in total. The molecule has 1 aromatic rings. The molecule has 0 bridgehead atoms. The fourth-order valence-electron chi connectivity index (χ4n) is 1.54. The second-order valence-electron chi connectivity index (χ2n) is 4.46. The van der Waals surface area contributed by atoms with Gasteiger partial charge < -0.3 is 9.52 Å². The molecule has 0 unspecified atom stereocenters. The molecule has 17 heavy (non-hydrogen) atoms. The van der Waals surface area contributed by atoms with Crippen molar-refractivity contribution in [3.8, 4) is 0 Å². The highest BCUT2D eigenvalue weighted by atomic mass is 16.4. The van der Waals surface area contributed by atoms with E-state index in [1.807, 2.05) is 32.6 Å². The maximum Gasteiger partial charge on any atom is 0.304 e. The van der Waals surface area contributed by atoms with Crippen molar-refractivity contribution in [2.75, 3.05) is 6.54 Å². The van der Waals surface area contributed by atoms with Crippen LogP contribution < -0.4 is 0 Å². The van der Waals surface area contributed by atoms with E-state index >= 15 is 0 Å². The summed E-state index contributed by atoms with van der Waals surface area (Å²) in [5.74, 6) is 0.691. The highest BCUT2D eigenvalue weighted by Crippen LogP contribution is 2.12. The summed E-state index contributed by atoms with van der Waals surface area (Å²) in [6.45, 7) is 8.91. The molecule has 0 amide bonds. The zero-order chi connectivity index (χ0) is 13.0. The van der Waals surface area contributed by atoms with Gasteiger partial charge in [0.1, 0.15) is 5.76 Å². The standard InChI is InChI=1S/C12H20N2O3/c1-8(2)14(6-5-12(15)16)7-11-13-9(3)10(4)17-11/h8H,5-7H2,1-4H3,(H,15,16). The second-order valence-corrected chi connectivity index (χ2v) is 4.46. The fourth-order valence-corrected chi connectivity index (χ4v) is 1.54. The minimum Gasteiger partial charge on any atom is -0.481 e. The number of hydrogen-bond donors (Lipinski definition) is 1. The molecule has 0 aromatic carbocycles. The number of carbonyl (C=O) groups is 1. The lowest BCUT2D eigenvalue weighted by Gasteiger charge is -2.23. The lowest BCUT2D eigenvalue weighted by molar-refractivity contribution is -0.137. The number of hydrogen-bond acceptors (Lipinski definition) is 4. The molecule has 0 saturated heterocycles. The van der Waals surface area contributed by atoms with Gasteiger partial charge in [-0.15, -0.1) is 0 Å². The van der Waals surface area contributed by atoms with E-state index in [0.29, 0.717) is 19.0 Å². The molecule has 0 spiro atoms. The first kappa shape index (κ1) is 13.7. The van der Waals surface area contributed by atoms with E-state index in [1.54, 1.807) is 0 Å². The smallest absolute Gasteiger partial charge is 0.304 e. The number of aryl methyl sites for hydroxylation is 2. The average Bonchev–Trinajstić information content (AvgIpc) is 2.52. The Hall–Kier alpha value is -1.36. The lowest BCUT2D eigenvalue weighted by atomic mass is 10.3. The molecule has 1 rings (SSSR count). The largest absolute Gasteiger partial charge is 0.481 e. The molecule has 0 aliphatic heterocycles. The molecule has 1 aromatic heterocycles. The number of carboxylic acid groups (broad SMARTS) is 1. The maximum absolute atomic E-state index is 10.6. The molecular weight excluding hydrogens is 220 g/mol. The Labute approximate surface area is 101 Å². The molecular formula is C12H20N2O3. The van der Waals surface area contributed by atoms with E-state index in [2.05, 4.69) is 4.98 Å². The summed E-state index contributed by atoms with van der Waals surface area (Å²) >= 11 is 0. The van der Waals surface area contributed by atoms with Crippen molar-refractivity contribution in [2.45, 2.75) is 46.7 Å². The first-order valence-corrected chi connectivity index (χ1v) is 5.79. The molecule has 0 fully saturated rings. The van der Waals surface area contributed by atoms with Crippen molar-refractivity contribution >= 4 is 5.97 Å². The lowest BCUT2D eigenvalue weighted by Crippen LogP contribution is -2.32. The molecule has 5 heteroatoms. The molecule has 0 aliphatic carbocycles. The van der Waals surface area contributed by atoms with E-state index in [1.165, 1.54) is 0 Å². The summed E-state index contributed by atoms with van der Waals surface area (Å²) in [6.07, 6.45) is 0.136. The van der Waals surface area contributed by atoms with Crippen LogP contribution in [0.1, 0.15) is 37.6 Å². The predicted molar refractivity (Wildman–Crippen MR) is 63.8 cm³/mol. The number of aromatic nitrogens is 1. The highest BCUT2D eigenvalue weighted by molar-refractivity contribution is 5.66. The van der Waals surface area contributed by atoms with Crippen LogP contribution in [-0.4, -0.2) is 33.5 Å². The van der Waals surface area contributed by atoms with Crippen LogP contribution in [0.15, 0.2) is 4.42 Å². The Morgan fingerprint density at radius 2 is 2.12 bits per heavy atom. The van der Waals surface area contributed by atoms with Crippen LogP contribution in [-0.2, 0) is 11.3 Å². The number of aliphatic carboxylic acids is 1. The minimum atomic E-state index is -0.782. The summed E-state index contributed by atoms with van der Waals surface area (Å²) in [4.78, 5) is 16.9. The number of carboxylic acids is 1. The van der Waals surface area contributed by atoms with Crippen molar-refractivity contribution in [1.29, 1.82) is 0 Å². The molecule has 0 aliphatic rings. The van der Waals surface area contributed by atoms with E-state index in [-0.39, 0.29) is 12.5 Å². The Morgan fingerprint density at radius 3 is 2.53 bits per heavy atom. The van der Waals surface area contributed by atoms with Crippen LogP contribution in [0, 0.1) is 13.8 Å². The van der Waals surface area contributed by atoms with Crippen LogP contribution in [0.5, 0.6) is 0 Å². The van der Waals surface area contributed by atoms with Crippen molar-refractivity contribution < 1.29 is 14.3 Å². The van der Waals surface area contributed by atoms with Crippen LogP contribution in [0.4, 0.5) is 0 Å². The molecule has 0 atom stereocenters. The number of oxazole rings is 1. The quantitative estimate of drug-likeness (QED) is 0.823. The third-order valence-corrected chi connectivity index (χ3v) is 2.75. The predicted octanol–water partition coefficient (Wildman–Crippen LogP) is 1.98. The first-order chi connectivity index (χ1) is 7.90. The van der Waals surface area contributed by atoms with Crippen LogP contribution in [0.3, 0.4) is 0 Å². The third kappa shape index (κ3) is 4.19. The van der Waals surface area contributed by atoms with Crippen molar-refractivity contribution in [1.82, 2.24) is 9.88 Å².